The van der Waals surface area contributed by atoms with Crippen molar-refractivity contribution in [2.45, 2.75) is 19.4 Å². The maximum absolute atomic E-state index is 12.1. The number of nitrogens with zero attached hydrogens (tertiary/aromatic N) is 1. The van der Waals surface area contributed by atoms with E-state index in [1.54, 1.807) is 12.1 Å². The largest absolute Gasteiger partial charge is 0.452 e. The summed E-state index contributed by atoms with van der Waals surface area (Å²) in [5, 5.41) is 0. The number of nitrogens with one attached hydrogen (secondary N) is 1. The third-order valence-corrected chi connectivity index (χ3v) is 4.55. The number of anilines is 1. The number of carbonyl (C=O) groups excluding carboxylic acids is 1. The first-order chi connectivity index (χ1) is 9.35. The Morgan fingerprint density at radius 1 is 1.50 bits per heavy atom. The molecule has 0 saturated carbocycles. The zero-order valence-electron chi connectivity index (χ0n) is 11.3. The number of benzene rings is 1. The first-order valence-corrected chi connectivity index (χ1v) is 7.56. The molecule has 0 fully saturated rings. The van der Waals surface area contributed by atoms with Gasteiger partial charge in [-0.3, -0.25) is 4.31 Å². The van der Waals surface area contributed by atoms with Gasteiger partial charge in [0.2, 0.25) is 0 Å². The number of ether oxygens (including phenoxy) is 1. The minimum Gasteiger partial charge on any atom is -0.452 e. The summed E-state index contributed by atoms with van der Waals surface area (Å²) in [6.07, 6.45) is -0.427. The third-order valence-electron chi connectivity index (χ3n) is 3.17. The normalized spacial score (nSPS) is 15.7. The number of rotatable bonds is 3. The standard InChI is InChI=1S/C12H17N3O4S/c1-8(13)9-3-4-11-10(7-9)5-6-15(11)20(17,18)14-12(16)19-2/h3-4,7-8H,5-6,13H2,1-2H3,(H,14,16). The van der Waals surface area contributed by atoms with Crippen molar-refractivity contribution in [1.29, 1.82) is 0 Å². The molecule has 3 N–H and O–H groups in total. The second kappa shape index (κ2) is 5.29. The predicted molar refractivity (Wildman–Crippen MR) is 74.6 cm³/mol. The second-order valence-electron chi connectivity index (χ2n) is 4.60. The number of amides is 1. The summed E-state index contributed by atoms with van der Waals surface area (Å²) in [6.45, 7) is 2.15. The van der Waals surface area contributed by atoms with Crippen molar-refractivity contribution >= 4 is 22.0 Å². The van der Waals surface area contributed by atoms with Gasteiger partial charge in [-0.1, -0.05) is 12.1 Å². The van der Waals surface area contributed by atoms with Crippen LogP contribution in [0.25, 0.3) is 0 Å². The molecule has 1 aliphatic rings. The topological polar surface area (TPSA) is 102 Å². The maximum atomic E-state index is 12.1. The Bertz CT molecular complexity index is 628. The lowest BCUT2D eigenvalue weighted by molar-refractivity contribution is 0.177. The number of nitrogens with two attached hydrogens (primary N) is 1. The van der Waals surface area contributed by atoms with Crippen molar-refractivity contribution in [3.63, 3.8) is 0 Å². The zero-order chi connectivity index (χ0) is 14.9. The van der Waals surface area contributed by atoms with Crippen molar-refractivity contribution in [2.75, 3.05) is 18.0 Å². The minimum atomic E-state index is -3.94. The second-order valence-corrected chi connectivity index (χ2v) is 6.19. The van der Waals surface area contributed by atoms with Gasteiger partial charge in [-0.05, 0) is 30.5 Å². The van der Waals surface area contributed by atoms with Crippen LogP contribution < -0.4 is 14.8 Å². The quantitative estimate of drug-likeness (QED) is 0.854. The van der Waals surface area contributed by atoms with Gasteiger partial charge in [0.05, 0.1) is 12.8 Å². The molecule has 0 bridgehead atoms. The van der Waals surface area contributed by atoms with Crippen molar-refractivity contribution in [2.24, 2.45) is 5.73 Å². The van der Waals surface area contributed by atoms with Gasteiger partial charge in [0.15, 0.2) is 0 Å². The van der Waals surface area contributed by atoms with Crippen LogP contribution in [0.2, 0.25) is 0 Å². The lowest BCUT2D eigenvalue weighted by Gasteiger charge is -2.19. The molecule has 0 aromatic heterocycles. The van der Waals surface area contributed by atoms with Gasteiger partial charge < -0.3 is 10.5 Å². The average Bonchev–Trinajstić information content (AvgIpc) is 2.81. The van der Waals surface area contributed by atoms with Crippen LogP contribution >= 0.6 is 0 Å². The smallest absolute Gasteiger partial charge is 0.422 e. The Morgan fingerprint density at radius 2 is 2.20 bits per heavy atom. The molecule has 1 aromatic rings. The van der Waals surface area contributed by atoms with Crippen LogP contribution in [0, 0.1) is 0 Å². The Hall–Kier alpha value is -1.80. The fourth-order valence-electron chi connectivity index (χ4n) is 2.13. The molecule has 20 heavy (non-hydrogen) atoms. The van der Waals surface area contributed by atoms with E-state index in [0.717, 1.165) is 22.5 Å². The Labute approximate surface area is 117 Å². The molecule has 0 spiro atoms. The fourth-order valence-corrected chi connectivity index (χ4v) is 3.30. The van der Waals surface area contributed by atoms with Crippen LogP contribution in [0.15, 0.2) is 18.2 Å². The summed E-state index contributed by atoms with van der Waals surface area (Å²) in [5.41, 5.74) is 8.21. The van der Waals surface area contributed by atoms with E-state index in [0.29, 0.717) is 12.1 Å². The van der Waals surface area contributed by atoms with E-state index in [-0.39, 0.29) is 12.6 Å². The fraction of sp³-hybridized carbons (Fsp3) is 0.417. The molecule has 2 rings (SSSR count). The highest BCUT2D eigenvalue weighted by Crippen LogP contribution is 2.31. The molecular weight excluding hydrogens is 282 g/mol. The van der Waals surface area contributed by atoms with Crippen LogP contribution in [0.1, 0.15) is 24.1 Å². The van der Waals surface area contributed by atoms with Crippen LogP contribution in [0.4, 0.5) is 10.5 Å². The van der Waals surface area contributed by atoms with E-state index in [1.165, 1.54) is 0 Å². The van der Waals surface area contributed by atoms with Crippen molar-refractivity contribution in [3.05, 3.63) is 29.3 Å². The SMILES string of the molecule is COC(=O)NS(=O)(=O)N1CCc2cc(C(C)N)ccc21. The van der Waals surface area contributed by atoms with E-state index < -0.39 is 16.3 Å². The summed E-state index contributed by atoms with van der Waals surface area (Å²) in [5.74, 6) is 0. The lowest BCUT2D eigenvalue weighted by Crippen LogP contribution is -2.42. The average molecular weight is 299 g/mol. The third kappa shape index (κ3) is 2.70. The summed E-state index contributed by atoms with van der Waals surface area (Å²) in [4.78, 5) is 11.1. The van der Waals surface area contributed by atoms with Crippen LogP contribution in [0.3, 0.4) is 0 Å². The van der Waals surface area contributed by atoms with Crippen molar-refractivity contribution in [3.8, 4) is 0 Å². The first kappa shape index (κ1) is 14.6. The summed E-state index contributed by atoms with van der Waals surface area (Å²) < 4.78 is 31.5. The lowest BCUT2D eigenvalue weighted by atomic mass is 10.0. The van der Waals surface area contributed by atoms with Crippen molar-refractivity contribution in [1.82, 2.24) is 4.72 Å². The van der Waals surface area contributed by atoms with Gasteiger partial charge in [-0.2, -0.15) is 8.42 Å². The molecule has 8 heteroatoms. The number of hydrogen-bond donors (Lipinski definition) is 2. The van der Waals surface area contributed by atoms with Gasteiger partial charge in [-0.25, -0.2) is 9.52 Å². The molecule has 7 nitrogen and oxygen atoms in total. The highest BCUT2D eigenvalue weighted by molar-refractivity contribution is 7.91. The maximum Gasteiger partial charge on any atom is 0.422 e. The van der Waals surface area contributed by atoms with Gasteiger partial charge in [0.1, 0.15) is 0 Å². The molecule has 1 aromatic carbocycles. The number of methoxy groups -OCH3 is 1. The molecule has 1 unspecified atom stereocenters. The number of fused-ring (bicyclic) bond motifs is 1. The predicted octanol–water partition coefficient (Wildman–Crippen LogP) is 0.670. The van der Waals surface area contributed by atoms with Gasteiger partial charge in [0.25, 0.3) is 0 Å². The molecule has 0 radical (unpaired) electrons. The minimum absolute atomic E-state index is 0.112. The highest BCUT2D eigenvalue weighted by Gasteiger charge is 2.31. The number of carbonyl (C=O) groups is 1. The molecule has 0 aliphatic carbocycles. The van der Waals surface area contributed by atoms with E-state index >= 15 is 0 Å². The molecule has 1 amide bonds. The highest BCUT2D eigenvalue weighted by atomic mass is 32.2. The summed E-state index contributed by atoms with van der Waals surface area (Å²) >= 11 is 0. The van der Waals surface area contributed by atoms with Crippen LogP contribution in [-0.4, -0.2) is 28.2 Å². The summed E-state index contributed by atoms with van der Waals surface area (Å²) in [6, 6.07) is 5.28. The zero-order valence-corrected chi connectivity index (χ0v) is 12.1. The van der Waals surface area contributed by atoms with Gasteiger partial charge in [0, 0.05) is 12.6 Å². The summed E-state index contributed by atoms with van der Waals surface area (Å²) in [7, 11) is -2.83. The molecule has 1 atom stereocenters. The van der Waals surface area contributed by atoms with E-state index in [4.69, 9.17) is 5.73 Å². The van der Waals surface area contributed by atoms with E-state index in [1.807, 2.05) is 17.7 Å². The monoisotopic (exact) mass is 299 g/mol. The Kier molecular flexibility index (Phi) is 3.87. The van der Waals surface area contributed by atoms with E-state index in [2.05, 4.69) is 4.74 Å². The molecular formula is C12H17N3O4S. The van der Waals surface area contributed by atoms with E-state index in [9.17, 15) is 13.2 Å². The van der Waals surface area contributed by atoms with Crippen LogP contribution in [0.5, 0.6) is 0 Å². The molecule has 110 valence electrons. The molecule has 0 saturated heterocycles. The Morgan fingerprint density at radius 3 is 2.80 bits per heavy atom. The van der Waals surface area contributed by atoms with Gasteiger partial charge >= 0.3 is 16.3 Å². The van der Waals surface area contributed by atoms with Crippen LogP contribution in [-0.2, 0) is 21.4 Å². The molecule has 1 heterocycles. The first-order valence-electron chi connectivity index (χ1n) is 6.12. The van der Waals surface area contributed by atoms with Crippen molar-refractivity contribution < 1.29 is 17.9 Å². The Balaban J connectivity index is 2.30. The molecule has 1 aliphatic heterocycles. The van der Waals surface area contributed by atoms with Gasteiger partial charge in [-0.15, -0.1) is 0 Å². The number of hydrogen-bond acceptors (Lipinski definition) is 5.